The first-order valence-electron chi connectivity index (χ1n) is 8.59. The van der Waals surface area contributed by atoms with Crippen molar-refractivity contribution in [1.29, 1.82) is 0 Å². The van der Waals surface area contributed by atoms with E-state index in [1.165, 1.54) is 12.1 Å². The number of aliphatic imine (C=N–C) groups is 1. The van der Waals surface area contributed by atoms with Crippen molar-refractivity contribution < 1.29 is 18.6 Å². The lowest BCUT2D eigenvalue weighted by Gasteiger charge is -2.16. The van der Waals surface area contributed by atoms with E-state index in [4.69, 9.17) is 14.2 Å². The van der Waals surface area contributed by atoms with Crippen LogP contribution in [0.5, 0.6) is 17.2 Å². The van der Waals surface area contributed by atoms with Gasteiger partial charge in [0.25, 0.3) is 0 Å². The van der Waals surface area contributed by atoms with E-state index in [-0.39, 0.29) is 5.82 Å². The van der Waals surface area contributed by atoms with Gasteiger partial charge in [-0.05, 0) is 24.1 Å². The smallest absolute Gasteiger partial charge is 0.191 e. The quantitative estimate of drug-likeness (QED) is 0.549. The number of hydrogen-bond donors (Lipinski definition) is 2. The molecule has 0 aliphatic heterocycles. The Kier molecular flexibility index (Phi) is 7.73. The molecule has 0 unspecified atom stereocenters. The molecule has 0 fully saturated rings. The van der Waals surface area contributed by atoms with Crippen LogP contribution >= 0.6 is 0 Å². The van der Waals surface area contributed by atoms with Gasteiger partial charge in [-0.15, -0.1) is 0 Å². The van der Waals surface area contributed by atoms with E-state index < -0.39 is 0 Å². The third-order valence-corrected chi connectivity index (χ3v) is 4.06. The Morgan fingerprint density at radius 2 is 1.70 bits per heavy atom. The van der Waals surface area contributed by atoms with Crippen molar-refractivity contribution in [3.05, 3.63) is 53.3 Å². The zero-order chi connectivity index (χ0) is 19.6. The average Bonchev–Trinajstić information content (AvgIpc) is 2.70. The molecule has 7 heteroatoms. The predicted molar refractivity (Wildman–Crippen MR) is 104 cm³/mol. The van der Waals surface area contributed by atoms with E-state index in [0.717, 1.165) is 11.1 Å². The van der Waals surface area contributed by atoms with Crippen molar-refractivity contribution in [1.82, 2.24) is 10.6 Å². The summed E-state index contributed by atoms with van der Waals surface area (Å²) in [7, 11) is 6.52. The van der Waals surface area contributed by atoms with Gasteiger partial charge in [0.05, 0.1) is 21.3 Å². The Balaban J connectivity index is 1.96. The summed E-state index contributed by atoms with van der Waals surface area (Å²) in [5.74, 6) is 2.46. The molecule has 27 heavy (non-hydrogen) atoms. The van der Waals surface area contributed by atoms with Gasteiger partial charge in [0.1, 0.15) is 23.1 Å². The van der Waals surface area contributed by atoms with Crippen LogP contribution in [0.2, 0.25) is 0 Å². The molecule has 0 atom stereocenters. The summed E-state index contributed by atoms with van der Waals surface area (Å²) in [6.45, 7) is 1.09. The molecule has 0 amide bonds. The highest BCUT2D eigenvalue weighted by atomic mass is 19.1. The Bertz CT molecular complexity index is 756. The summed E-state index contributed by atoms with van der Waals surface area (Å²) in [4.78, 5) is 4.19. The molecule has 0 saturated heterocycles. The highest BCUT2D eigenvalue weighted by molar-refractivity contribution is 5.79. The second kappa shape index (κ2) is 10.3. The molecule has 2 aromatic rings. The van der Waals surface area contributed by atoms with Crippen LogP contribution < -0.4 is 24.8 Å². The van der Waals surface area contributed by atoms with Crippen molar-refractivity contribution in [2.75, 3.05) is 34.9 Å². The van der Waals surface area contributed by atoms with E-state index in [2.05, 4.69) is 15.6 Å². The molecule has 0 spiro atoms. The summed E-state index contributed by atoms with van der Waals surface area (Å²) >= 11 is 0. The van der Waals surface area contributed by atoms with Crippen LogP contribution in [-0.4, -0.2) is 40.9 Å². The molecule has 0 heterocycles. The molecule has 2 aromatic carbocycles. The number of nitrogens with zero attached hydrogens (tertiary/aromatic N) is 1. The molecule has 2 N–H and O–H groups in total. The second-order valence-electron chi connectivity index (χ2n) is 5.74. The van der Waals surface area contributed by atoms with Crippen molar-refractivity contribution >= 4 is 5.96 Å². The Morgan fingerprint density at radius 3 is 2.26 bits per heavy atom. The van der Waals surface area contributed by atoms with Crippen LogP contribution in [0.4, 0.5) is 4.39 Å². The van der Waals surface area contributed by atoms with Crippen LogP contribution in [-0.2, 0) is 13.0 Å². The van der Waals surface area contributed by atoms with Crippen LogP contribution in [0.15, 0.2) is 41.4 Å². The standard InChI is InChI=1S/C20H26FN3O3/c1-22-20(24-13-14-6-5-7-15(21)10-14)23-9-8-17-18(26-3)11-16(25-2)12-19(17)27-4/h5-7,10-12H,8-9,13H2,1-4H3,(H2,22,23,24). The topological polar surface area (TPSA) is 64.1 Å². The summed E-state index contributed by atoms with van der Waals surface area (Å²) < 4.78 is 29.4. The van der Waals surface area contributed by atoms with Gasteiger partial charge in [0.2, 0.25) is 0 Å². The monoisotopic (exact) mass is 375 g/mol. The van der Waals surface area contributed by atoms with Gasteiger partial charge in [-0.2, -0.15) is 0 Å². The van der Waals surface area contributed by atoms with E-state index in [1.807, 2.05) is 18.2 Å². The minimum Gasteiger partial charge on any atom is -0.496 e. The number of guanidine groups is 1. The highest BCUT2D eigenvalue weighted by Gasteiger charge is 2.13. The normalized spacial score (nSPS) is 11.1. The Labute approximate surface area is 159 Å². The fourth-order valence-electron chi connectivity index (χ4n) is 2.68. The number of halogens is 1. The molecule has 2 rings (SSSR count). The van der Waals surface area contributed by atoms with Crippen molar-refractivity contribution in [3.8, 4) is 17.2 Å². The third-order valence-electron chi connectivity index (χ3n) is 4.06. The number of hydrogen-bond acceptors (Lipinski definition) is 4. The first-order valence-corrected chi connectivity index (χ1v) is 8.59. The molecule has 0 saturated carbocycles. The minimum absolute atomic E-state index is 0.254. The maximum Gasteiger partial charge on any atom is 0.191 e. The molecule has 6 nitrogen and oxygen atoms in total. The number of rotatable bonds is 8. The first kappa shape index (κ1) is 20.4. The van der Waals surface area contributed by atoms with Gasteiger partial charge >= 0.3 is 0 Å². The van der Waals surface area contributed by atoms with E-state index in [9.17, 15) is 4.39 Å². The number of methoxy groups -OCH3 is 3. The average molecular weight is 375 g/mol. The third kappa shape index (κ3) is 5.77. The SMILES string of the molecule is CN=C(NCCc1c(OC)cc(OC)cc1OC)NCc1cccc(F)c1. The molecule has 0 bridgehead atoms. The summed E-state index contributed by atoms with van der Waals surface area (Å²) in [6, 6.07) is 10.1. The number of benzene rings is 2. The summed E-state index contributed by atoms with van der Waals surface area (Å²) in [5.41, 5.74) is 1.78. The zero-order valence-electron chi connectivity index (χ0n) is 16.1. The Morgan fingerprint density at radius 1 is 1.00 bits per heavy atom. The lowest BCUT2D eigenvalue weighted by Crippen LogP contribution is -2.37. The maximum atomic E-state index is 13.3. The van der Waals surface area contributed by atoms with Gasteiger partial charge in [0, 0.05) is 37.8 Å². The minimum atomic E-state index is -0.254. The van der Waals surface area contributed by atoms with Crippen molar-refractivity contribution in [2.24, 2.45) is 4.99 Å². The lowest BCUT2D eigenvalue weighted by molar-refractivity contribution is 0.368. The number of nitrogens with one attached hydrogen (secondary N) is 2. The molecule has 0 aromatic heterocycles. The molecule has 146 valence electrons. The van der Waals surface area contributed by atoms with Crippen LogP contribution in [0.3, 0.4) is 0 Å². The van der Waals surface area contributed by atoms with Gasteiger partial charge < -0.3 is 24.8 Å². The lowest BCUT2D eigenvalue weighted by atomic mass is 10.1. The molecule has 0 aliphatic rings. The zero-order valence-corrected chi connectivity index (χ0v) is 16.1. The van der Waals surface area contributed by atoms with E-state index in [0.29, 0.717) is 42.7 Å². The van der Waals surface area contributed by atoms with Gasteiger partial charge in [0.15, 0.2) is 5.96 Å². The van der Waals surface area contributed by atoms with Crippen LogP contribution in [0, 0.1) is 5.82 Å². The molecular formula is C20H26FN3O3. The molecular weight excluding hydrogens is 349 g/mol. The molecule has 0 radical (unpaired) electrons. The highest BCUT2D eigenvalue weighted by Crippen LogP contribution is 2.34. The Hall–Kier alpha value is -2.96. The summed E-state index contributed by atoms with van der Waals surface area (Å²) in [6.07, 6.45) is 0.664. The second-order valence-corrected chi connectivity index (χ2v) is 5.74. The largest absolute Gasteiger partial charge is 0.496 e. The van der Waals surface area contributed by atoms with Gasteiger partial charge in [-0.25, -0.2) is 4.39 Å². The van der Waals surface area contributed by atoms with Crippen LogP contribution in [0.25, 0.3) is 0 Å². The maximum absolute atomic E-state index is 13.3. The van der Waals surface area contributed by atoms with Crippen molar-refractivity contribution in [2.45, 2.75) is 13.0 Å². The van der Waals surface area contributed by atoms with Gasteiger partial charge in [-0.3, -0.25) is 4.99 Å². The van der Waals surface area contributed by atoms with E-state index in [1.54, 1.807) is 34.4 Å². The molecule has 0 aliphatic carbocycles. The first-order chi connectivity index (χ1) is 13.1. The fraction of sp³-hybridized carbons (Fsp3) is 0.350. The predicted octanol–water partition coefficient (Wildman–Crippen LogP) is 2.76. The fourth-order valence-corrected chi connectivity index (χ4v) is 2.68. The number of ether oxygens (including phenoxy) is 3. The van der Waals surface area contributed by atoms with Crippen LogP contribution in [0.1, 0.15) is 11.1 Å². The van der Waals surface area contributed by atoms with Crippen molar-refractivity contribution in [3.63, 3.8) is 0 Å². The van der Waals surface area contributed by atoms with E-state index >= 15 is 0 Å². The van der Waals surface area contributed by atoms with Gasteiger partial charge in [-0.1, -0.05) is 12.1 Å². The summed E-state index contributed by atoms with van der Waals surface area (Å²) in [5, 5.41) is 6.40.